The van der Waals surface area contributed by atoms with Crippen molar-refractivity contribution in [3.8, 4) is 23.1 Å². The van der Waals surface area contributed by atoms with Crippen molar-refractivity contribution in [3.05, 3.63) is 89.0 Å². The van der Waals surface area contributed by atoms with Gasteiger partial charge < -0.3 is 4.74 Å². The number of benzene rings is 2. The number of ether oxygens (including phenoxy) is 4. The molecule has 0 amide bonds. The topological polar surface area (TPSA) is 105 Å². The van der Waals surface area contributed by atoms with Crippen LogP contribution in [0.15, 0.2) is 79.0 Å². The Morgan fingerprint density at radius 2 is 1.85 bits per heavy atom. The molecule has 5 aromatic rings. The molecule has 0 radical (unpaired) electrons. The van der Waals surface area contributed by atoms with Crippen molar-refractivity contribution in [3.63, 3.8) is 0 Å². The summed E-state index contributed by atoms with van der Waals surface area (Å²) in [5, 5.41) is 4.35. The van der Waals surface area contributed by atoms with Gasteiger partial charge in [-0.15, -0.1) is 0 Å². The molecular formula is C30H28N4O5Se. The Morgan fingerprint density at radius 1 is 0.975 bits per heavy atom. The molecule has 5 rings (SSSR count). The predicted octanol–water partition coefficient (Wildman–Crippen LogP) is 5.27. The van der Waals surface area contributed by atoms with Gasteiger partial charge in [-0.05, 0) is 5.56 Å². The SMILES string of the molecule is CCOC(=O)c1cc2cc(Nc3cc(-c4ccc(OC)nc4)nc(OCCOCc4ccccc4)n3)ccc2[se]1. The normalized spacial score (nSPS) is 10.8. The van der Waals surface area contributed by atoms with Gasteiger partial charge in [0.15, 0.2) is 0 Å². The predicted molar refractivity (Wildman–Crippen MR) is 154 cm³/mol. The number of aromatic nitrogens is 3. The van der Waals surface area contributed by atoms with E-state index in [1.165, 1.54) is 0 Å². The van der Waals surface area contributed by atoms with Crippen LogP contribution in [0.25, 0.3) is 20.9 Å². The monoisotopic (exact) mass is 604 g/mol. The summed E-state index contributed by atoms with van der Waals surface area (Å²) in [5.41, 5.74) is 3.35. The zero-order chi connectivity index (χ0) is 27.7. The molecule has 0 spiro atoms. The third-order valence-electron chi connectivity index (χ3n) is 5.78. The molecule has 0 atom stereocenters. The van der Waals surface area contributed by atoms with Gasteiger partial charge in [-0.1, -0.05) is 30.3 Å². The van der Waals surface area contributed by atoms with E-state index in [-0.39, 0.29) is 26.5 Å². The maximum atomic E-state index is 12.2. The minimum atomic E-state index is -0.253. The molecular weight excluding hydrogens is 575 g/mol. The number of nitrogens with zero attached hydrogens (tertiary/aromatic N) is 3. The van der Waals surface area contributed by atoms with E-state index >= 15 is 0 Å². The van der Waals surface area contributed by atoms with Gasteiger partial charge in [0.1, 0.15) is 0 Å². The summed E-state index contributed by atoms with van der Waals surface area (Å²) < 4.78 is 23.8. The molecule has 2 aromatic carbocycles. The summed E-state index contributed by atoms with van der Waals surface area (Å²) in [4.78, 5) is 25.7. The number of hydrogen-bond donors (Lipinski definition) is 1. The molecule has 0 aliphatic carbocycles. The van der Waals surface area contributed by atoms with Crippen LogP contribution in [0.5, 0.6) is 11.9 Å². The molecule has 204 valence electrons. The Morgan fingerprint density at radius 3 is 2.62 bits per heavy atom. The number of pyridine rings is 1. The molecule has 0 bridgehead atoms. The van der Waals surface area contributed by atoms with E-state index < -0.39 is 0 Å². The van der Waals surface area contributed by atoms with Crippen LogP contribution in [0.4, 0.5) is 11.5 Å². The maximum absolute atomic E-state index is 12.2. The van der Waals surface area contributed by atoms with E-state index in [0.29, 0.717) is 48.3 Å². The molecule has 3 heterocycles. The first-order valence-corrected chi connectivity index (χ1v) is 14.4. The van der Waals surface area contributed by atoms with Gasteiger partial charge in [0, 0.05) is 0 Å². The quantitative estimate of drug-likeness (QED) is 0.116. The second kappa shape index (κ2) is 13.2. The third-order valence-corrected chi connectivity index (χ3v) is 8.08. The Balaban J connectivity index is 1.33. The second-order valence-corrected chi connectivity index (χ2v) is 10.9. The van der Waals surface area contributed by atoms with Gasteiger partial charge in [-0.25, -0.2) is 0 Å². The van der Waals surface area contributed by atoms with E-state index in [4.69, 9.17) is 18.9 Å². The molecule has 1 N–H and O–H groups in total. The van der Waals surface area contributed by atoms with Crippen LogP contribution in [0, 0.1) is 0 Å². The molecule has 0 aliphatic heterocycles. The van der Waals surface area contributed by atoms with Gasteiger partial charge in [0.25, 0.3) is 0 Å². The Bertz CT molecular complexity index is 1570. The summed E-state index contributed by atoms with van der Waals surface area (Å²) >= 11 is -0.0762. The first-order chi connectivity index (χ1) is 19.6. The van der Waals surface area contributed by atoms with Crippen molar-refractivity contribution < 1.29 is 23.7 Å². The zero-order valence-corrected chi connectivity index (χ0v) is 23.8. The third kappa shape index (κ3) is 7.04. The van der Waals surface area contributed by atoms with E-state index in [1.54, 1.807) is 19.4 Å². The second-order valence-electron chi connectivity index (χ2n) is 8.61. The number of nitrogens with one attached hydrogen (secondary N) is 1. The van der Waals surface area contributed by atoms with E-state index in [0.717, 1.165) is 26.5 Å². The molecule has 9 nitrogen and oxygen atoms in total. The number of anilines is 2. The van der Waals surface area contributed by atoms with Crippen LogP contribution < -0.4 is 14.8 Å². The van der Waals surface area contributed by atoms with Crippen LogP contribution >= 0.6 is 0 Å². The van der Waals surface area contributed by atoms with Gasteiger partial charge >= 0.3 is 184 Å². The minimum absolute atomic E-state index is 0.0762. The van der Waals surface area contributed by atoms with Crippen molar-refractivity contribution in [2.45, 2.75) is 13.5 Å². The average Bonchev–Trinajstić information content (AvgIpc) is 3.41. The van der Waals surface area contributed by atoms with Crippen molar-refractivity contribution >= 4 is 41.6 Å². The number of esters is 1. The standard InChI is InChI=1S/C30H28N4O5Se/c1-3-38-29(35)26-16-22-15-23(10-11-25(22)40-26)32-27-17-24(21-9-12-28(36-2)31-18-21)33-30(34-27)39-14-13-37-19-20-7-5-4-6-8-20/h4-12,15-18H,3,13-14,19H2,1-2H3,(H,32,33,34). The van der Waals surface area contributed by atoms with Crippen LogP contribution in [0.2, 0.25) is 0 Å². The van der Waals surface area contributed by atoms with Crippen molar-refractivity contribution in [2.75, 3.05) is 32.2 Å². The van der Waals surface area contributed by atoms with Gasteiger partial charge in [0.2, 0.25) is 0 Å². The number of carbonyl (C=O) groups excluding carboxylic acids is 1. The number of hydrogen-bond acceptors (Lipinski definition) is 9. The summed E-state index contributed by atoms with van der Waals surface area (Å²) in [6, 6.07) is 23.6. The fourth-order valence-corrected chi connectivity index (χ4v) is 5.85. The van der Waals surface area contributed by atoms with Crippen LogP contribution in [0.3, 0.4) is 0 Å². The molecule has 0 unspecified atom stereocenters. The molecule has 0 aliphatic rings. The Kier molecular flexibility index (Phi) is 9.03. The molecule has 10 heteroatoms. The van der Waals surface area contributed by atoms with Gasteiger partial charge in [0.05, 0.1) is 13.7 Å². The van der Waals surface area contributed by atoms with E-state index in [1.807, 2.05) is 73.7 Å². The van der Waals surface area contributed by atoms with Gasteiger partial charge in [-0.3, -0.25) is 0 Å². The molecule has 3 aromatic heterocycles. The number of fused-ring (bicyclic) bond motifs is 1. The van der Waals surface area contributed by atoms with E-state index in [9.17, 15) is 4.79 Å². The summed E-state index contributed by atoms with van der Waals surface area (Å²) in [6.07, 6.45) is 1.69. The van der Waals surface area contributed by atoms with Crippen molar-refractivity contribution in [1.29, 1.82) is 0 Å². The Hall–Kier alpha value is -4.24. The number of methoxy groups -OCH3 is 1. The first-order valence-electron chi connectivity index (χ1n) is 12.7. The van der Waals surface area contributed by atoms with E-state index in [2.05, 4.69) is 20.3 Å². The van der Waals surface area contributed by atoms with Gasteiger partial charge in [-0.2, -0.15) is 0 Å². The Labute approximate surface area is 237 Å². The van der Waals surface area contributed by atoms with Crippen molar-refractivity contribution in [1.82, 2.24) is 15.0 Å². The van der Waals surface area contributed by atoms with Crippen LogP contribution in [-0.2, 0) is 16.1 Å². The molecule has 0 saturated carbocycles. The zero-order valence-electron chi connectivity index (χ0n) is 22.1. The van der Waals surface area contributed by atoms with Crippen LogP contribution in [0.1, 0.15) is 21.7 Å². The number of rotatable bonds is 12. The fourth-order valence-electron chi connectivity index (χ4n) is 3.88. The summed E-state index contributed by atoms with van der Waals surface area (Å²) in [5.74, 6) is 0.813. The molecule has 0 fully saturated rings. The number of carbonyl (C=O) groups is 1. The molecule has 40 heavy (non-hydrogen) atoms. The summed E-state index contributed by atoms with van der Waals surface area (Å²) in [6.45, 7) is 3.35. The fraction of sp³-hybridized carbons (Fsp3) is 0.200. The van der Waals surface area contributed by atoms with Crippen molar-refractivity contribution in [2.24, 2.45) is 0 Å². The first kappa shape index (κ1) is 27.3. The molecule has 0 saturated heterocycles. The van der Waals surface area contributed by atoms with Crippen LogP contribution in [-0.4, -0.2) is 62.4 Å². The average molecular weight is 604 g/mol. The summed E-state index contributed by atoms with van der Waals surface area (Å²) in [7, 11) is 1.57.